The molecular formula is C23H33N5O3. The van der Waals surface area contributed by atoms with Gasteiger partial charge in [-0.2, -0.15) is 5.21 Å². The summed E-state index contributed by atoms with van der Waals surface area (Å²) < 4.78 is 0. The Morgan fingerprint density at radius 3 is 2.77 bits per heavy atom. The van der Waals surface area contributed by atoms with Crippen LogP contribution in [0.4, 0.5) is 0 Å². The van der Waals surface area contributed by atoms with Gasteiger partial charge < -0.3 is 15.4 Å². The molecule has 5 atom stereocenters. The molecule has 0 bridgehead atoms. The molecule has 1 aliphatic rings. The highest BCUT2D eigenvalue weighted by atomic mass is 16.5. The average molecular weight is 428 g/mol. The van der Waals surface area contributed by atoms with Gasteiger partial charge in [0.1, 0.15) is 0 Å². The van der Waals surface area contributed by atoms with Gasteiger partial charge in [-0.25, -0.2) is 5.48 Å². The Bertz CT molecular complexity index is 797. The van der Waals surface area contributed by atoms with Crippen molar-refractivity contribution in [1.29, 1.82) is 0 Å². The van der Waals surface area contributed by atoms with Crippen LogP contribution in [0.5, 0.6) is 0 Å². The Balaban J connectivity index is 1.47. The van der Waals surface area contributed by atoms with E-state index in [0.717, 1.165) is 32.1 Å². The molecule has 2 aromatic rings. The summed E-state index contributed by atoms with van der Waals surface area (Å²) in [5.74, 6) is 0.665. The first kappa shape index (κ1) is 23.3. The van der Waals surface area contributed by atoms with E-state index in [1.54, 1.807) is 6.08 Å². The lowest BCUT2D eigenvalue weighted by Crippen LogP contribution is -2.30. The smallest absolute Gasteiger partial charge is 0.174 e. The highest BCUT2D eigenvalue weighted by molar-refractivity contribution is 5.15. The molecule has 8 nitrogen and oxygen atoms in total. The fourth-order valence-electron chi connectivity index (χ4n) is 4.23. The number of hydrogen-bond donors (Lipinski definition) is 5. The fourth-order valence-corrected chi connectivity index (χ4v) is 4.23. The van der Waals surface area contributed by atoms with Gasteiger partial charge in [0.25, 0.3) is 0 Å². The summed E-state index contributed by atoms with van der Waals surface area (Å²) in [6.45, 7) is 0. The Kier molecular flexibility index (Phi) is 9.36. The van der Waals surface area contributed by atoms with Crippen molar-refractivity contribution in [2.45, 2.75) is 63.2 Å². The number of nitrogens with one attached hydrogen (secondary N) is 2. The summed E-state index contributed by atoms with van der Waals surface area (Å²) in [6, 6.07) is 9.87. The van der Waals surface area contributed by atoms with Crippen LogP contribution in [0.1, 0.15) is 43.5 Å². The summed E-state index contributed by atoms with van der Waals surface area (Å²) in [6.07, 6.45) is 12.2. The fraction of sp³-hybridized carbons (Fsp3) is 0.522. The first-order valence-electron chi connectivity index (χ1n) is 11.0. The minimum Gasteiger partial charge on any atom is -0.393 e. The Labute approximate surface area is 183 Å². The maximum Gasteiger partial charge on any atom is 0.174 e. The third kappa shape index (κ3) is 7.36. The average Bonchev–Trinajstić information content (AvgIpc) is 3.41. The third-order valence-corrected chi connectivity index (χ3v) is 5.98. The van der Waals surface area contributed by atoms with E-state index in [2.05, 4.69) is 50.4 Å². The zero-order chi connectivity index (χ0) is 21.9. The number of aliphatic hydroxyl groups is 2. The molecule has 5 unspecified atom stereocenters. The number of benzene rings is 1. The van der Waals surface area contributed by atoms with Crippen molar-refractivity contribution < 1.29 is 15.4 Å². The van der Waals surface area contributed by atoms with Crippen molar-refractivity contribution in [1.82, 2.24) is 26.1 Å². The summed E-state index contributed by atoms with van der Waals surface area (Å²) >= 11 is 0. The van der Waals surface area contributed by atoms with Gasteiger partial charge in [0.15, 0.2) is 5.82 Å². The SMILES string of the molecule is ONC1CC(O)C(C/C=C\CCCc2nn[nH]n2)C1/C=C/C(O)CCc1ccccc1. The predicted molar refractivity (Wildman–Crippen MR) is 117 cm³/mol. The van der Waals surface area contributed by atoms with Crippen LogP contribution in [0.3, 0.4) is 0 Å². The number of unbranched alkanes of at least 4 members (excludes halogenated alkanes) is 1. The number of H-pyrrole nitrogens is 1. The molecule has 1 aliphatic carbocycles. The van der Waals surface area contributed by atoms with Gasteiger partial charge in [-0.3, -0.25) is 0 Å². The summed E-state index contributed by atoms with van der Waals surface area (Å²) in [7, 11) is 0. The highest BCUT2D eigenvalue weighted by Crippen LogP contribution is 2.36. The summed E-state index contributed by atoms with van der Waals surface area (Å²) in [5, 5.41) is 44.3. The second-order valence-electron chi connectivity index (χ2n) is 8.18. The second kappa shape index (κ2) is 12.5. The quantitative estimate of drug-likeness (QED) is 0.200. The van der Waals surface area contributed by atoms with Gasteiger partial charge in [0.2, 0.25) is 0 Å². The van der Waals surface area contributed by atoms with Gasteiger partial charge in [-0.15, -0.1) is 10.2 Å². The number of aryl methyl sites for hydroxylation is 2. The van der Waals surface area contributed by atoms with Crippen LogP contribution in [0.15, 0.2) is 54.6 Å². The maximum absolute atomic E-state index is 10.5. The lowest BCUT2D eigenvalue weighted by molar-refractivity contribution is 0.108. The summed E-state index contributed by atoms with van der Waals surface area (Å²) in [4.78, 5) is 0. The Hall–Kier alpha value is -2.39. The molecular weight excluding hydrogens is 394 g/mol. The van der Waals surface area contributed by atoms with Crippen molar-refractivity contribution in [3.8, 4) is 0 Å². The molecule has 8 heteroatoms. The molecule has 0 saturated heterocycles. The number of hydroxylamine groups is 1. The van der Waals surface area contributed by atoms with E-state index in [1.807, 2.05) is 24.3 Å². The number of tetrazole rings is 1. The van der Waals surface area contributed by atoms with Gasteiger partial charge >= 0.3 is 0 Å². The van der Waals surface area contributed by atoms with Crippen molar-refractivity contribution >= 4 is 0 Å². The van der Waals surface area contributed by atoms with Crippen LogP contribution >= 0.6 is 0 Å². The van der Waals surface area contributed by atoms with E-state index in [1.165, 1.54) is 5.56 Å². The predicted octanol–water partition coefficient (Wildman–Crippen LogP) is 2.36. The molecule has 168 valence electrons. The van der Waals surface area contributed by atoms with Crippen molar-refractivity contribution in [2.75, 3.05) is 0 Å². The Morgan fingerprint density at radius 2 is 2.03 bits per heavy atom. The molecule has 1 aromatic carbocycles. The van der Waals surface area contributed by atoms with Gasteiger partial charge in [-0.1, -0.05) is 59.8 Å². The van der Waals surface area contributed by atoms with E-state index in [4.69, 9.17) is 0 Å². The van der Waals surface area contributed by atoms with Crippen molar-refractivity contribution in [3.05, 3.63) is 66.0 Å². The van der Waals surface area contributed by atoms with Crippen molar-refractivity contribution in [3.63, 3.8) is 0 Å². The van der Waals surface area contributed by atoms with Crippen LogP contribution in [-0.4, -0.2) is 54.3 Å². The molecule has 31 heavy (non-hydrogen) atoms. The lowest BCUT2D eigenvalue weighted by atomic mass is 9.89. The molecule has 3 rings (SSSR count). The molecule has 1 fully saturated rings. The maximum atomic E-state index is 10.5. The van der Waals surface area contributed by atoms with Crippen LogP contribution in [0, 0.1) is 11.8 Å². The summed E-state index contributed by atoms with van der Waals surface area (Å²) in [5.41, 5.74) is 3.54. The minimum atomic E-state index is -0.557. The number of aromatic nitrogens is 4. The second-order valence-corrected chi connectivity index (χ2v) is 8.18. The van der Waals surface area contributed by atoms with Gasteiger partial charge in [-0.05, 0) is 50.0 Å². The van der Waals surface area contributed by atoms with E-state index in [9.17, 15) is 15.4 Å². The zero-order valence-electron chi connectivity index (χ0n) is 17.7. The van der Waals surface area contributed by atoms with E-state index >= 15 is 0 Å². The zero-order valence-corrected chi connectivity index (χ0v) is 17.7. The topological polar surface area (TPSA) is 127 Å². The molecule has 5 N–H and O–H groups in total. The lowest BCUT2D eigenvalue weighted by Gasteiger charge is -2.21. The first-order valence-corrected chi connectivity index (χ1v) is 11.0. The van der Waals surface area contributed by atoms with E-state index in [0.29, 0.717) is 18.7 Å². The third-order valence-electron chi connectivity index (χ3n) is 5.98. The number of allylic oxidation sites excluding steroid dienone is 2. The number of aliphatic hydroxyl groups excluding tert-OH is 2. The number of rotatable bonds is 12. The van der Waals surface area contributed by atoms with Gasteiger partial charge in [0, 0.05) is 18.4 Å². The molecule has 1 aromatic heterocycles. The molecule has 0 aliphatic heterocycles. The van der Waals surface area contributed by atoms with Crippen LogP contribution in [-0.2, 0) is 12.8 Å². The molecule has 1 heterocycles. The van der Waals surface area contributed by atoms with E-state index in [-0.39, 0.29) is 17.9 Å². The molecule has 1 saturated carbocycles. The monoisotopic (exact) mass is 427 g/mol. The normalized spacial score (nSPS) is 25.0. The molecule has 0 spiro atoms. The number of aromatic amines is 1. The van der Waals surface area contributed by atoms with Crippen LogP contribution in [0.2, 0.25) is 0 Å². The van der Waals surface area contributed by atoms with E-state index < -0.39 is 12.2 Å². The Morgan fingerprint density at radius 1 is 1.19 bits per heavy atom. The van der Waals surface area contributed by atoms with Crippen molar-refractivity contribution in [2.24, 2.45) is 11.8 Å². The standard InChI is InChI=1S/C23H33N5O3/c29-18(13-12-17-8-4-3-5-9-17)14-15-19-20(22(30)16-21(19)26-31)10-6-1-2-7-11-23-24-27-28-25-23/h1,3-6,8-9,14-15,18-22,26,29-31H,2,7,10-13,16H2,(H,24,25,27,28)/b6-1-,15-14+. The molecule has 0 amide bonds. The van der Waals surface area contributed by atoms with Gasteiger partial charge in [0.05, 0.1) is 12.2 Å². The van der Waals surface area contributed by atoms with Crippen LogP contribution in [0.25, 0.3) is 0 Å². The first-order chi connectivity index (χ1) is 15.2. The number of nitrogens with zero attached hydrogens (tertiary/aromatic N) is 3. The minimum absolute atomic E-state index is 0.00400. The molecule has 0 radical (unpaired) electrons. The van der Waals surface area contributed by atoms with Crippen LogP contribution < -0.4 is 5.48 Å². The number of hydrogen-bond acceptors (Lipinski definition) is 7. The highest BCUT2D eigenvalue weighted by Gasteiger charge is 2.40. The largest absolute Gasteiger partial charge is 0.393 e.